The van der Waals surface area contributed by atoms with Crippen molar-refractivity contribution in [3.05, 3.63) is 51.5 Å². The van der Waals surface area contributed by atoms with Gasteiger partial charge in [0.1, 0.15) is 12.7 Å². The van der Waals surface area contributed by atoms with Crippen molar-refractivity contribution in [1.82, 2.24) is 10.2 Å². The first-order valence-corrected chi connectivity index (χ1v) is 11.1. The number of ether oxygens (including phenoxy) is 4. The molecule has 33 heavy (non-hydrogen) atoms. The van der Waals surface area contributed by atoms with Gasteiger partial charge in [-0.25, -0.2) is 4.79 Å². The van der Waals surface area contributed by atoms with Crippen molar-refractivity contribution in [2.75, 3.05) is 40.5 Å². The molecule has 1 aliphatic heterocycles. The van der Waals surface area contributed by atoms with Crippen LogP contribution in [-0.2, 0) is 11.3 Å². The van der Waals surface area contributed by atoms with Gasteiger partial charge in [0, 0.05) is 13.1 Å². The lowest BCUT2D eigenvalue weighted by atomic mass is 10.1. The topological polar surface area (TPSA) is 86.3 Å². The molecule has 1 fully saturated rings. The number of methoxy groups -OCH3 is 2. The van der Waals surface area contributed by atoms with Crippen LogP contribution >= 0.6 is 23.2 Å². The van der Waals surface area contributed by atoms with Gasteiger partial charge in [0.25, 0.3) is 0 Å². The number of benzene rings is 2. The van der Waals surface area contributed by atoms with Gasteiger partial charge < -0.3 is 29.2 Å². The van der Waals surface area contributed by atoms with Crippen LogP contribution in [0.4, 0.5) is 4.79 Å². The van der Waals surface area contributed by atoms with E-state index in [0.717, 1.165) is 5.56 Å². The van der Waals surface area contributed by atoms with Crippen LogP contribution in [0.1, 0.15) is 22.8 Å². The molecule has 1 heterocycles. The molecule has 1 saturated heterocycles. The van der Waals surface area contributed by atoms with Crippen LogP contribution in [0.15, 0.2) is 30.3 Å². The average Bonchev–Trinajstić information content (AvgIpc) is 2.82. The zero-order chi connectivity index (χ0) is 24.0. The highest BCUT2D eigenvalue weighted by atomic mass is 35.5. The predicted molar refractivity (Wildman–Crippen MR) is 125 cm³/mol. The highest BCUT2D eigenvalue weighted by molar-refractivity contribution is 6.42. The highest BCUT2D eigenvalue weighted by Crippen LogP contribution is 2.40. The molecular weight excluding hydrogens is 471 g/mol. The number of carbonyl (C=O) groups excluding carboxylic acids is 2. The summed E-state index contributed by atoms with van der Waals surface area (Å²) in [5, 5.41) is 3.77. The minimum absolute atomic E-state index is 0.125. The minimum Gasteiger partial charge on any atom is -0.493 e. The maximum Gasteiger partial charge on any atom is 0.317 e. The van der Waals surface area contributed by atoms with Crippen LogP contribution in [0, 0.1) is 0 Å². The zero-order valence-electron chi connectivity index (χ0n) is 18.7. The molecule has 1 unspecified atom stereocenters. The van der Waals surface area contributed by atoms with E-state index in [1.165, 1.54) is 21.1 Å². The maximum absolute atomic E-state index is 12.6. The number of Topliss-reactive ketones (excluding diaryl/α,β-unsaturated/α-hetero) is 1. The van der Waals surface area contributed by atoms with Crippen molar-refractivity contribution in [1.29, 1.82) is 0 Å². The number of ketones is 1. The van der Waals surface area contributed by atoms with Crippen LogP contribution in [-0.4, -0.2) is 63.3 Å². The number of hydrogen-bond donors (Lipinski definition) is 1. The smallest absolute Gasteiger partial charge is 0.317 e. The Bertz CT molecular complexity index is 1020. The summed E-state index contributed by atoms with van der Waals surface area (Å²) in [6.07, 6.45) is -0.384. The Labute approximate surface area is 202 Å². The molecule has 0 radical (unpaired) electrons. The molecule has 0 aromatic heterocycles. The fourth-order valence-electron chi connectivity index (χ4n) is 3.44. The fraction of sp³-hybridized carbons (Fsp3) is 0.391. The molecule has 0 bridgehead atoms. The lowest BCUT2D eigenvalue weighted by molar-refractivity contribution is -0.0356. The Morgan fingerprint density at radius 3 is 2.58 bits per heavy atom. The molecule has 8 nitrogen and oxygen atoms in total. The van der Waals surface area contributed by atoms with E-state index in [9.17, 15) is 9.59 Å². The molecule has 2 aromatic carbocycles. The highest BCUT2D eigenvalue weighted by Gasteiger charge is 2.26. The quantitative estimate of drug-likeness (QED) is 0.551. The number of morpholine rings is 1. The van der Waals surface area contributed by atoms with E-state index in [1.807, 2.05) is 0 Å². The molecule has 0 saturated carbocycles. The summed E-state index contributed by atoms with van der Waals surface area (Å²) < 4.78 is 22.4. The average molecular weight is 497 g/mol. The van der Waals surface area contributed by atoms with Crippen LogP contribution in [0.25, 0.3) is 0 Å². The first-order valence-electron chi connectivity index (χ1n) is 10.3. The Kier molecular flexibility index (Phi) is 8.66. The summed E-state index contributed by atoms with van der Waals surface area (Å²) in [7, 11) is 2.99. The Hall–Kier alpha value is -2.68. The maximum atomic E-state index is 12.6. The van der Waals surface area contributed by atoms with Crippen molar-refractivity contribution in [3.8, 4) is 17.2 Å². The zero-order valence-corrected chi connectivity index (χ0v) is 20.2. The molecule has 2 amide bonds. The number of halogens is 2. The second-order valence-electron chi connectivity index (χ2n) is 7.39. The Balaban J connectivity index is 1.61. The summed E-state index contributed by atoms with van der Waals surface area (Å²) in [5.74, 6) is 0.899. The second kappa shape index (κ2) is 11.4. The number of amides is 2. The number of nitrogens with one attached hydrogen (secondary N) is 1. The number of urea groups is 1. The second-order valence-corrected chi connectivity index (χ2v) is 8.21. The molecule has 3 rings (SSSR count). The van der Waals surface area contributed by atoms with Gasteiger partial charge >= 0.3 is 6.03 Å². The van der Waals surface area contributed by atoms with Gasteiger partial charge in [-0.2, -0.15) is 0 Å². The molecule has 178 valence electrons. The van der Waals surface area contributed by atoms with Gasteiger partial charge in [0.2, 0.25) is 5.75 Å². The van der Waals surface area contributed by atoms with Crippen LogP contribution in [0.3, 0.4) is 0 Å². The summed E-state index contributed by atoms with van der Waals surface area (Å²) >= 11 is 12.0. The first kappa shape index (κ1) is 25.0. The van der Waals surface area contributed by atoms with E-state index in [2.05, 4.69) is 5.32 Å². The summed E-state index contributed by atoms with van der Waals surface area (Å²) in [6.45, 7) is 3.03. The van der Waals surface area contributed by atoms with E-state index in [-0.39, 0.29) is 30.3 Å². The predicted octanol–water partition coefficient (Wildman–Crippen LogP) is 4.20. The van der Waals surface area contributed by atoms with Gasteiger partial charge in [0.15, 0.2) is 17.3 Å². The molecule has 0 spiro atoms. The number of carbonyl (C=O) groups is 2. The van der Waals surface area contributed by atoms with E-state index in [4.69, 9.17) is 42.1 Å². The van der Waals surface area contributed by atoms with E-state index < -0.39 is 0 Å². The van der Waals surface area contributed by atoms with Crippen molar-refractivity contribution in [3.63, 3.8) is 0 Å². The standard InChI is InChI=1S/C23H26Cl2N2O6/c1-14(28)17-5-7-20(30-2)22(31-3)21(17)33-13-16-12-27(8-9-32-16)23(29)26-11-15-4-6-18(24)19(25)10-15/h4-7,10,16H,8-9,11-13H2,1-3H3,(H,26,29). The lowest BCUT2D eigenvalue weighted by Gasteiger charge is -2.33. The molecule has 0 aliphatic carbocycles. The third-order valence-corrected chi connectivity index (χ3v) is 5.89. The van der Waals surface area contributed by atoms with E-state index >= 15 is 0 Å². The van der Waals surface area contributed by atoms with E-state index in [1.54, 1.807) is 35.2 Å². The van der Waals surface area contributed by atoms with Crippen LogP contribution in [0.5, 0.6) is 17.2 Å². The largest absolute Gasteiger partial charge is 0.493 e. The fourth-order valence-corrected chi connectivity index (χ4v) is 3.76. The summed E-state index contributed by atoms with van der Waals surface area (Å²) in [5.41, 5.74) is 1.22. The van der Waals surface area contributed by atoms with Crippen LogP contribution < -0.4 is 19.5 Å². The molecule has 10 heteroatoms. The molecule has 2 aromatic rings. The number of hydrogen-bond acceptors (Lipinski definition) is 6. The Morgan fingerprint density at radius 1 is 1.12 bits per heavy atom. The van der Waals surface area contributed by atoms with E-state index in [0.29, 0.717) is 53.3 Å². The van der Waals surface area contributed by atoms with Gasteiger partial charge in [-0.1, -0.05) is 29.3 Å². The van der Waals surface area contributed by atoms with Crippen molar-refractivity contribution in [2.45, 2.75) is 19.6 Å². The van der Waals surface area contributed by atoms with Gasteiger partial charge in [-0.3, -0.25) is 4.79 Å². The molecular formula is C23H26Cl2N2O6. The minimum atomic E-state index is -0.384. The third kappa shape index (κ3) is 6.22. The SMILES string of the molecule is COc1ccc(C(C)=O)c(OCC2CN(C(=O)NCc3ccc(Cl)c(Cl)c3)CCO2)c1OC. The molecule has 1 atom stereocenters. The lowest BCUT2D eigenvalue weighted by Crippen LogP contribution is -2.50. The monoisotopic (exact) mass is 496 g/mol. The number of nitrogens with zero attached hydrogens (tertiary/aromatic N) is 1. The van der Waals surface area contributed by atoms with Gasteiger partial charge in [-0.05, 0) is 36.8 Å². The molecule has 1 aliphatic rings. The van der Waals surface area contributed by atoms with Gasteiger partial charge in [0.05, 0.1) is 43.0 Å². The first-order chi connectivity index (χ1) is 15.8. The van der Waals surface area contributed by atoms with Crippen molar-refractivity contribution >= 4 is 35.0 Å². The summed E-state index contributed by atoms with van der Waals surface area (Å²) in [6, 6.07) is 8.27. The van der Waals surface area contributed by atoms with Crippen molar-refractivity contribution < 1.29 is 28.5 Å². The number of rotatable bonds is 8. The normalized spacial score (nSPS) is 15.7. The summed E-state index contributed by atoms with van der Waals surface area (Å²) in [4.78, 5) is 26.4. The van der Waals surface area contributed by atoms with Crippen molar-refractivity contribution in [2.24, 2.45) is 0 Å². The molecule has 1 N–H and O–H groups in total. The third-order valence-electron chi connectivity index (χ3n) is 5.15. The van der Waals surface area contributed by atoms with Crippen LogP contribution in [0.2, 0.25) is 10.0 Å². The Morgan fingerprint density at radius 2 is 1.91 bits per heavy atom. The van der Waals surface area contributed by atoms with Gasteiger partial charge in [-0.15, -0.1) is 0 Å².